The molecule has 0 radical (unpaired) electrons. The molecule has 150 valence electrons. The molecule has 3 heterocycles. The normalized spacial score (nSPS) is 20.5. The Morgan fingerprint density at radius 3 is 2.64 bits per heavy atom. The summed E-state index contributed by atoms with van der Waals surface area (Å²) < 4.78 is 14.1. The second-order valence-corrected chi connectivity index (χ2v) is 7.88. The number of benzene rings is 1. The second kappa shape index (κ2) is 9.32. The Morgan fingerprint density at radius 2 is 1.82 bits per heavy atom. The predicted molar refractivity (Wildman–Crippen MR) is 111 cm³/mol. The summed E-state index contributed by atoms with van der Waals surface area (Å²) in [6.45, 7) is 4.73. The maximum Gasteiger partial charge on any atom is 0.224 e. The van der Waals surface area contributed by atoms with Gasteiger partial charge in [0.25, 0.3) is 0 Å². The molecular formula is C22H30FN5. The van der Waals surface area contributed by atoms with Crippen molar-refractivity contribution in [2.24, 2.45) is 0 Å². The van der Waals surface area contributed by atoms with Crippen molar-refractivity contribution in [2.75, 3.05) is 36.4 Å². The molecule has 0 aliphatic carbocycles. The molecular weight excluding hydrogens is 353 g/mol. The molecule has 0 spiro atoms. The van der Waals surface area contributed by atoms with Crippen molar-refractivity contribution >= 4 is 11.8 Å². The van der Waals surface area contributed by atoms with Gasteiger partial charge in [-0.05, 0) is 44.2 Å². The van der Waals surface area contributed by atoms with Crippen LogP contribution in [-0.4, -0.2) is 47.1 Å². The minimum Gasteiger partial charge on any atom is -0.354 e. The van der Waals surface area contributed by atoms with Crippen LogP contribution >= 0.6 is 0 Å². The first kappa shape index (κ1) is 19.1. The number of hydrogen-bond acceptors (Lipinski definition) is 5. The molecule has 1 aromatic carbocycles. The lowest BCUT2D eigenvalue weighted by Gasteiger charge is -2.36. The number of likely N-dealkylation sites (tertiary alicyclic amines) is 1. The van der Waals surface area contributed by atoms with Gasteiger partial charge in [0.2, 0.25) is 5.95 Å². The van der Waals surface area contributed by atoms with Crippen molar-refractivity contribution in [1.82, 2.24) is 14.9 Å². The molecule has 2 aromatic rings. The molecule has 0 bridgehead atoms. The SMILES string of the molecule is Fc1cnc(NCCC2CCCCN2Cc2ccccc2)nc1N1CCCC1. The topological polar surface area (TPSA) is 44.3 Å². The fourth-order valence-electron chi connectivity index (χ4n) is 4.36. The van der Waals surface area contributed by atoms with Crippen LogP contribution in [0.4, 0.5) is 16.2 Å². The molecule has 1 atom stereocenters. The van der Waals surface area contributed by atoms with Gasteiger partial charge in [-0.25, -0.2) is 9.37 Å². The molecule has 5 nitrogen and oxygen atoms in total. The standard InChI is InChI=1S/C22H30FN5/c23-20-16-25-22(26-21(20)27-13-6-7-14-27)24-12-11-19-10-4-5-15-28(19)17-18-8-2-1-3-9-18/h1-3,8-9,16,19H,4-7,10-15,17H2,(H,24,25,26). The first-order chi connectivity index (χ1) is 13.8. The van der Waals surface area contributed by atoms with Gasteiger partial charge in [-0.3, -0.25) is 4.90 Å². The number of hydrogen-bond donors (Lipinski definition) is 1. The van der Waals surface area contributed by atoms with Crippen LogP contribution in [0.15, 0.2) is 36.5 Å². The summed E-state index contributed by atoms with van der Waals surface area (Å²) in [5, 5.41) is 3.33. The highest BCUT2D eigenvalue weighted by Crippen LogP contribution is 2.23. The number of rotatable bonds is 7. The lowest BCUT2D eigenvalue weighted by molar-refractivity contribution is 0.135. The summed E-state index contributed by atoms with van der Waals surface area (Å²) >= 11 is 0. The van der Waals surface area contributed by atoms with Crippen LogP contribution in [0.2, 0.25) is 0 Å². The van der Waals surface area contributed by atoms with Gasteiger partial charge in [-0.15, -0.1) is 0 Å². The number of halogens is 1. The summed E-state index contributed by atoms with van der Waals surface area (Å²) in [5.74, 6) is 0.654. The van der Waals surface area contributed by atoms with Crippen LogP contribution < -0.4 is 10.2 Å². The lowest BCUT2D eigenvalue weighted by Crippen LogP contribution is -2.40. The summed E-state index contributed by atoms with van der Waals surface area (Å²) in [4.78, 5) is 13.2. The Bertz CT molecular complexity index is 748. The van der Waals surface area contributed by atoms with Gasteiger partial charge in [0, 0.05) is 32.2 Å². The van der Waals surface area contributed by atoms with Crippen molar-refractivity contribution in [1.29, 1.82) is 0 Å². The third-order valence-electron chi connectivity index (χ3n) is 5.87. The van der Waals surface area contributed by atoms with Crippen molar-refractivity contribution < 1.29 is 4.39 Å². The fourth-order valence-corrected chi connectivity index (χ4v) is 4.36. The van der Waals surface area contributed by atoms with Gasteiger partial charge in [0.05, 0.1) is 6.20 Å². The maximum absolute atomic E-state index is 14.1. The number of aromatic nitrogens is 2. The summed E-state index contributed by atoms with van der Waals surface area (Å²) in [6, 6.07) is 11.3. The van der Waals surface area contributed by atoms with E-state index < -0.39 is 0 Å². The van der Waals surface area contributed by atoms with E-state index >= 15 is 0 Å². The number of anilines is 2. The van der Waals surface area contributed by atoms with Crippen LogP contribution in [0.25, 0.3) is 0 Å². The van der Waals surface area contributed by atoms with E-state index in [1.54, 1.807) is 0 Å². The van der Waals surface area contributed by atoms with Crippen molar-refractivity contribution in [3.63, 3.8) is 0 Å². The zero-order valence-electron chi connectivity index (χ0n) is 16.5. The zero-order chi connectivity index (χ0) is 19.2. The summed E-state index contributed by atoms with van der Waals surface area (Å²) in [5.41, 5.74) is 1.37. The highest BCUT2D eigenvalue weighted by molar-refractivity contribution is 5.44. The van der Waals surface area contributed by atoms with Gasteiger partial charge >= 0.3 is 0 Å². The highest BCUT2D eigenvalue weighted by atomic mass is 19.1. The van der Waals surface area contributed by atoms with Crippen LogP contribution in [0.5, 0.6) is 0 Å². The molecule has 28 heavy (non-hydrogen) atoms. The zero-order valence-corrected chi connectivity index (χ0v) is 16.5. The summed E-state index contributed by atoms with van der Waals surface area (Å²) in [7, 11) is 0. The number of nitrogens with zero attached hydrogens (tertiary/aromatic N) is 4. The Balaban J connectivity index is 1.32. The molecule has 1 aromatic heterocycles. The number of nitrogens with one attached hydrogen (secondary N) is 1. The van der Waals surface area contributed by atoms with E-state index in [4.69, 9.17) is 0 Å². The average Bonchev–Trinajstić information content (AvgIpc) is 3.26. The van der Waals surface area contributed by atoms with E-state index in [2.05, 4.69) is 50.5 Å². The van der Waals surface area contributed by atoms with E-state index in [0.29, 0.717) is 17.8 Å². The van der Waals surface area contributed by atoms with Gasteiger partial charge in [-0.2, -0.15) is 4.98 Å². The Labute approximate surface area is 167 Å². The lowest BCUT2D eigenvalue weighted by atomic mass is 9.98. The van der Waals surface area contributed by atoms with Gasteiger partial charge in [0.15, 0.2) is 11.6 Å². The van der Waals surface area contributed by atoms with E-state index in [-0.39, 0.29) is 5.82 Å². The molecule has 0 amide bonds. The molecule has 1 unspecified atom stereocenters. The van der Waals surface area contributed by atoms with Gasteiger partial charge < -0.3 is 10.2 Å². The molecule has 4 rings (SSSR count). The molecule has 6 heteroatoms. The maximum atomic E-state index is 14.1. The average molecular weight is 384 g/mol. The molecule has 0 saturated carbocycles. The van der Waals surface area contributed by atoms with E-state index in [1.807, 2.05) is 4.90 Å². The molecule has 2 fully saturated rings. The molecule has 2 aliphatic heterocycles. The first-order valence-corrected chi connectivity index (χ1v) is 10.6. The van der Waals surface area contributed by atoms with Crippen LogP contribution in [0, 0.1) is 5.82 Å². The van der Waals surface area contributed by atoms with Crippen LogP contribution in [-0.2, 0) is 6.54 Å². The van der Waals surface area contributed by atoms with Gasteiger partial charge in [0.1, 0.15) is 0 Å². The van der Waals surface area contributed by atoms with Gasteiger partial charge in [-0.1, -0.05) is 36.8 Å². The molecule has 1 N–H and O–H groups in total. The van der Waals surface area contributed by atoms with Crippen molar-refractivity contribution in [3.8, 4) is 0 Å². The van der Waals surface area contributed by atoms with E-state index in [9.17, 15) is 4.39 Å². The fraction of sp³-hybridized carbons (Fsp3) is 0.545. The van der Waals surface area contributed by atoms with E-state index in [0.717, 1.165) is 52.0 Å². The first-order valence-electron chi connectivity index (χ1n) is 10.6. The highest BCUT2D eigenvalue weighted by Gasteiger charge is 2.22. The Kier molecular flexibility index (Phi) is 6.37. The van der Waals surface area contributed by atoms with E-state index in [1.165, 1.54) is 31.0 Å². The smallest absolute Gasteiger partial charge is 0.224 e. The van der Waals surface area contributed by atoms with Crippen molar-refractivity contribution in [3.05, 3.63) is 47.9 Å². The third-order valence-corrected chi connectivity index (χ3v) is 5.87. The number of piperidine rings is 1. The molecule has 2 aliphatic rings. The monoisotopic (exact) mass is 383 g/mol. The third kappa shape index (κ3) is 4.79. The largest absolute Gasteiger partial charge is 0.354 e. The van der Waals surface area contributed by atoms with Crippen LogP contribution in [0.3, 0.4) is 0 Å². The minimum atomic E-state index is -0.325. The molecule has 2 saturated heterocycles. The predicted octanol–water partition coefficient (Wildman–Crippen LogP) is 4.07. The minimum absolute atomic E-state index is 0.325. The Hall–Kier alpha value is -2.21. The van der Waals surface area contributed by atoms with Crippen LogP contribution in [0.1, 0.15) is 44.1 Å². The quantitative estimate of drug-likeness (QED) is 0.781. The van der Waals surface area contributed by atoms with Crippen molar-refractivity contribution in [2.45, 2.75) is 51.1 Å². The second-order valence-electron chi connectivity index (χ2n) is 7.88. The summed E-state index contributed by atoms with van der Waals surface area (Å²) in [6.07, 6.45) is 8.35. The Morgan fingerprint density at radius 1 is 1.04 bits per heavy atom.